The average Bonchev–Trinajstić information content (AvgIpc) is 2.64. The number of urea groups is 1. The van der Waals surface area contributed by atoms with E-state index < -0.39 is 5.97 Å². The van der Waals surface area contributed by atoms with Crippen molar-refractivity contribution >= 4 is 12.0 Å². The summed E-state index contributed by atoms with van der Waals surface area (Å²) >= 11 is 0. The van der Waals surface area contributed by atoms with Gasteiger partial charge in [-0.15, -0.1) is 0 Å². The highest BCUT2D eigenvalue weighted by molar-refractivity contribution is 5.77. The van der Waals surface area contributed by atoms with E-state index in [2.05, 4.69) is 11.9 Å². The van der Waals surface area contributed by atoms with Crippen molar-refractivity contribution in [2.24, 2.45) is 5.92 Å². The Balaban J connectivity index is 1.95. The Hall–Kier alpha value is -1.30. The minimum Gasteiger partial charge on any atom is -0.481 e. The van der Waals surface area contributed by atoms with Crippen LogP contribution in [-0.4, -0.2) is 78.1 Å². The normalized spacial score (nSPS) is 29.1. The van der Waals surface area contributed by atoms with Crippen LogP contribution in [-0.2, 0) is 4.79 Å². The molecule has 108 valence electrons. The summed E-state index contributed by atoms with van der Waals surface area (Å²) in [5, 5.41) is 8.72. The fraction of sp³-hybridized carbons (Fsp3) is 0.846. The van der Waals surface area contributed by atoms with E-state index >= 15 is 0 Å². The van der Waals surface area contributed by atoms with Crippen LogP contribution in [0.4, 0.5) is 4.79 Å². The molecule has 0 bridgehead atoms. The standard InChI is InChI=1S/C13H23N3O3/c1-14-6-3-4-10(8-14)11-9-16(7-5-12(17)18)13(19)15(11)2/h10-11H,3-9H2,1-2H3,(H,17,18). The summed E-state index contributed by atoms with van der Waals surface area (Å²) in [5.74, 6) is -0.348. The number of likely N-dealkylation sites (tertiary alicyclic amines) is 1. The molecule has 0 aromatic rings. The Morgan fingerprint density at radius 3 is 2.74 bits per heavy atom. The summed E-state index contributed by atoms with van der Waals surface area (Å²) in [5.41, 5.74) is 0. The van der Waals surface area contributed by atoms with Gasteiger partial charge in [0.25, 0.3) is 0 Å². The number of piperidine rings is 1. The number of hydrogen-bond donors (Lipinski definition) is 1. The lowest BCUT2D eigenvalue weighted by Crippen LogP contribution is -2.44. The van der Waals surface area contributed by atoms with Gasteiger partial charge in [0.15, 0.2) is 0 Å². The predicted octanol–water partition coefficient (Wildman–Crippen LogP) is 0.539. The van der Waals surface area contributed by atoms with Crippen LogP contribution < -0.4 is 0 Å². The molecule has 6 nitrogen and oxygen atoms in total. The molecule has 2 aliphatic rings. The van der Waals surface area contributed by atoms with Crippen LogP contribution in [0.5, 0.6) is 0 Å². The zero-order valence-electron chi connectivity index (χ0n) is 11.7. The maximum Gasteiger partial charge on any atom is 0.320 e. The zero-order valence-corrected chi connectivity index (χ0v) is 11.7. The quantitative estimate of drug-likeness (QED) is 0.809. The Labute approximate surface area is 114 Å². The van der Waals surface area contributed by atoms with Gasteiger partial charge < -0.3 is 19.8 Å². The highest BCUT2D eigenvalue weighted by Gasteiger charge is 2.39. The first kappa shape index (κ1) is 14.1. The predicted molar refractivity (Wildman–Crippen MR) is 71.0 cm³/mol. The van der Waals surface area contributed by atoms with E-state index in [1.54, 1.807) is 9.80 Å². The highest BCUT2D eigenvalue weighted by atomic mass is 16.4. The molecule has 2 amide bonds. The molecule has 2 aliphatic heterocycles. The van der Waals surface area contributed by atoms with Crippen LogP contribution in [0, 0.1) is 5.92 Å². The molecule has 0 radical (unpaired) electrons. The molecule has 2 atom stereocenters. The van der Waals surface area contributed by atoms with Crippen molar-refractivity contribution in [1.82, 2.24) is 14.7 Å². The first-order valence-corrected chi connectivity index (χ1v) is 6.91. The van der Waals surface area contributed by atoms with Gasteiger partial charge in [0.2, 0.25) is 0 Å². The van der Waals surface area contributed by atoms with E-state index in [1.807, 2.05) is 7.05 Å². The summed E-state index contributed by atoms with van der Waals surface area (Å²) < 4.78 is 0. The molecule has 2 heterocycles. The minimum absolute atomic E-state index is 0.0247. The van der Waals surface area contributed by atoms with Crippen LogP contribution in [0.25, 0.3) is 0 Å². The molecule has 0 aromatic carbocycles. The Bertz CT molecular complexity index is 361. The maximum absolute atomic E-state index is 12.1. The van der Waals surface area contributed by atoms with Crippen LogP contribution in [0.15, 0.2) is 0 Å². The Kier molecular flexibility index (Phi) is 4.29. The van der Waals surface area contributed by atoms with Crippen molar-refractivity contribution in [3.63, 3.8) is 0 Å². The number of nitrogens with zero attached hydrogens (tertiary/aromatic N) is 3. The van der Waals surface area contributed by atoms with Gasteiger partial charge in [0.1, 0.15) is 0 Å². The number of likely N-dealkylation sites (N-methyl/N-ethyl adjacent to an activating group) is 1. The number of rotatable bonds is 4. The Morgan fingerprint density at radius 2 is 2.11 bits per heavy atom. The lowest BCUT2D eigenvalue weighted by Gasteiger charge is -2.35. The third-order valence-electron chi connectivity index (χ3n) is 4.28. The monoisotopic (exact) mass is 269 g/mol. The highest BCUT2D eigenvalue weighted by Crippen LogP contribution is 2.27. The van der Waals surface area contributed by atoms with Crippen molar-refractivity contribution in [3.05, 3.63) is 0 Å². The van der Waals surface area contributed by atoms with Gasteiger partial charge in [-0.2, -0.15) is 0 Å². The zero-order chi connectivity index (χ0) is 14.0. The van der Waals surface area contributed by atoms with Gasteiger partial charge in [-0.3, -0.25) is 4.79 Å². The van der Waals surface area contributed by atoms with Crippen molar-refractivity contribution in [3.8, 4) is 0 Å². The van der Waals surface area contributed by atoms with Gasteiger partial charge in [-0.1, -0.05) is 0 Å². The number of carbonyl (C=O) groups is 2. The molecular weight excluding hydrogens is 246 g/mol. The second-order valence-electron chi connectivity index (χ2n) is 5.72. The first-order chi connectivity index (χ1) is 8.99. The fourth-order valence-corrected chi connectivity index (χ4v) is 3.19. The SMILES string of the molecule is CN1CCCC(C2CN(CCC(=O)O)C(=O)N2C)C1. The second kappa shape index (κ2) is 5.77. The number of carboxylic acid groups (broad SMARTS) is 1. The van der Waals surface area contributed by atoms with Crippen LogP contribution >= 0.6 is 0 Å². The lowest BCUT2D eigenvalue weighted by atomic mass is 9.90. The minimum atomic E-state index is -0.851. The van der Waals surface area contributed by atoms with Crippen molar-refractivity contribution in [2.75, 3.05) is 40.3 Å². The molecule has 2 rings (SSSR count). The van der Waals surface area contributed by atoms with E-state index in [0.717, 1.165) is 19.5 Å². The van der Waals surface area contributed by atoms with Gasteiger partial charge in [0, 0.05) is 26.7 Å². The average molecular weight is 269 g/mol. The van der Waals surface area contributed by atoms with Crippen LogP contribution in [0.1, 0.15) is 19.3 Å². The number of hydrogen-bond acceptors (Lipinski definition) is 3. The van der Waals surface area contributed by atoms with Crippen molar-refractivity contribution < 1.29 is 14.7 Å². The summed E-state index contributed by atoms with van der Waals surface area (Å²) in [7, 11) is 3.95. The maximum atomic E-state index is 12.1. The third-order valence-corrected chi connectivity index (χ3v) is 4.28. The Morgan fingerprint density at radius 1 is 1.37 bits per heavy atom. The molecule has 0 aromatic heterocycles. The molecule has 19 heavy (non-hydrogen) atoms. The molecule has 2 unspecified atom stereocenters. The van der Waals surface area contributed by atoms with Gasteiger partial charge in [-0.25, -0.2) is 4.79 Å². The summed E-state index contributed by atoms with van der Waals surface area (Å²) in [6, 6.07) is 0.198. The molecule has 1 N–H and O–H groups in total. The van der Waals surface area contributed by atoms with Crippen LogP contribution in [0.3, 0.4) is 0 Å². The molecule has 6 heteroatoms. The molecular formula is C13H23N3O3. The molecule has 0 spiro atoms. The van der Waals surface area contributed by atoms with Crippen molar-refractivity contribution in [1.29, 1.82) is 0 Å². The summed E-state index contributed by atoms with van der Waals surface area (Å²) in [6.07, 6.45) is 2.35. The van der Waals surface area contributed by atoms with E-state index in [9.17, 15) is 9.59 Å². The number of aliphatic carboxylic acids is 1. The van der Waals surface area contributed by atoms with E-state index in [-0.39, 0.29) is 18.5 Å². The number of carbonyl (C=O) groups excluding carboxylic acids is 1. The van der Waals surface area contributed by atoms with Crippen molar-refractivity contribution in [2.45, 2.75) is 25.3 Å². The number of amides is 2. The van der Waals surface area contributed by atoms with Gasteiger partial charge in [-0.05, 0) is 32.4 Å². The van der Waals surface area contributed by atoms with E-state index in [1.165, 1.54) is 6.42 Å². The lowest BCUT2D eigenvalue weighted by molar-refractivity contribution is -0.137. The molecule has 0 saturated carbocycles. The third kappa shape index (κ3) is 3.18. The second-order valence-corrected chi connectivity index (χ2v) is 5.72. The largest absolute Gasteiger partial charge is 0.481 e. The van der Waals surface area contributed by atoms with Gasteiger partial charge >= 0.3 is 12.0 Å². The molecule has 2 fully saturated rings. The number of carboxylic acids is 1. The topological polar surface area (TPSA) is 64.1 Å². The van der Waals surface area contributed by atoms with E-state index in [0.29, 0.717) is 19.0 Å². The summed E-state index contributed by atoms with van der Waals surface area (Å²) in [4.78, 5) is 28.5. The smallest absolute Gasteiger partial charge is 0.320 e. The molecule has 0 aliphatic carbocycles. The molecule has 2 saturated heterocycles. The van der Waals surface area contributed by atoms with Crippen LogP contribution in [0.2, 0.25) is 0 Å². The van der Waals surface area contributed by atoms with Gasteiger partial charge in [0.05, 0.1) is 12.5 Å². The fourth-order valence-electron chi connectivity index (χ4n) is 3.19. The first-order valence-electron chi connectivity index (χ1n) is 6.91. The van der Waals surface area contributed by atoms with E-state index in [4.69, 9.17) is 5.11 Å². The summed E-state index contributed by atoms with van der Waals surface area (Å²) in [6.45, 7) is 3.14.